The van der Waals surface area contributed by atoms with E-state index in [4.69, 9.17) is 5.11 Å². The number of hydrogen-bond donors (Lipinski definition) is 3. The summed E-state index contributed by atoms with van der Waals surface area (Å²) in [4.78, 5) is 21.6. The molecular weight excluding hydrogens is 196 g/mol. The second kappa shape index (κ2) is 5.50. The molecule has 5 heteroatoms. The van der Waals surface area contributed by atoms with E-state index in [0.29, 0.717) is 0 Å². The largest absolute Gasteiger partial charge is 0.478 e. The van der Waals surface area contributed by atoms with Gasteiger partial charge in [-0.2, -0.15) is 0 Å². The summed E-state index contributed by atoms with van der Waals surface area (Å²) < 4.78 is 0. The number of carbonyl (C=O) groups excluding carboxylic acids is 1. The van der Waals surface area contributed by atoms with Gasteiger partial charge in [0.05, 0.1) is 6.54 Å². The fourth-order valence-electron chi connectivity index (χ4n) is 0.865. The first kappa shape index (κ1) is 13.6. The minimum atomic E-state index is -1.06. The van der Waals surface area contributed by atoms with Crippen LogP contribution in [0.15, 0.2) is 12.2 Å². The van der Waals surface area contributed by atoms with Crippen molar-refractivity contribution in [2.24, 2.45) is 0 Å². The van der Waals surface area contributed by atoms with E-state index in [9.17, 15) is 9.59 Å². The summed E-state index contributed by atoms with van der Waals surface area (Å²) in [5.74, 6) is -1.22. The van der Waals surface area contributed by atoms with Crippen molar-refractivity contribution < 1.29 is 14.7 Å². The van der Waals surface area contributed by atoms with Crippen molar-refractivity contribution in [1.82, 2.24) is 10.6 Å². The van der Waals surface area contributed by atoms with E-state index in [-0.39, 0.29) is 30.1 Å². The van der Waals surface area contributed by atoms with Gasteiger partial charge >= 0.3 is 5.97 Å². The Morgan fingerprint density at radius 1 is 1.27 bits per heavy atom. The Bertz CT molecular complexity index is 266. The van der Waals surface area contributed by atoms with Crippen molar-refractivity contribution in [1.29, 1.82) is 0 Å². The molecule has 0 aliphatic carbocycles. The first-order chi connectivity index (χ1) is 6.72. The van der Waals surface area contributed by atoms with Gasteiger partial charge in [0.25, 0.3) is 0 Å². The van der Waals surface area contributed by atoms with Gasteiger partial charge in [0, 0.05) is 17.7 Å². The van der Waals surface area contributed by atoms with Crippen LogP contribution in [-0.4, -0.2) is 35.6 Å². The smallest absolute Gasteiger partial charge is 0.332 e. The van der Waals surface area contributed by atoms with Crippen LogP contribution in [0.3, 0.4) is 0 Å². The van der Waals surface area contributed by atoms with Crippen LogP contribution in [0.5, 0.6) is 0 Å². The summed E-state index contributed by atoms with van der Waals surface area (Å²) >= 11 is 0. The minimum absolute atomic E-state index is 0.0403. The second-order valence-corrected chi connectivity index (χ2v) is 4.31. The number of aliphatic carboxylic acids is 1. The lowest BCUT2D eigenvalue weighted by Crippen LogP contribution is -2.45. The number of rotatable bonds is 5. The van der Waals surface area contributed by atoms with Gasteiger partial charge in [-0.25, -0.2) is 4.79 Å². The molecule has 0 unspecified atom stereocenters. The number of carbonyl (C=O) groups is 2. The van der Waals surface area contributed by atoms with Gasteiger partial charge < -0.3 is 15.7 Å². The van der Waals surface area contributed by atoms with Crippen molar-refractivity contribution >= 4 is 11.9 Å². The molecule has 0 saturated carbocycles. The van der Waals surface area contributed by atoms with Gasteiger partial charge in [0.15, 0.2) is 0 Å². The molecule has 0 rings (SSSR count). The highest BCUT2D eigenvalue weighted by Crippen LogP contribution is 1.97. The molecule has 0 atom stereocenters. The van der Waals surface area contributed by atoms with Crippen LogP contribution < -0.4 is 10.6 Å². The van der Waals surface area contributed by atoms with Crippen LogP contribution in [0, 0.1) is 0 Å². The monoisotopic (exact) mass is 214 g/mol. The van der Waals surface area contributed by atoms with Crippen LogP contribution in [0.2, 0.25) is 0 Å². The van der Waals surface area contributed by atoms with Crippen molar-refractivity contribution in [3.63, 3.8) is 0 Å². The van der Waals surface area contributed by atoms with Crippen molar-refractivity contribution in [2.75, 3.05) is 13.1 Å². The van der Waals surface area contributed by atoms with E-state index in [2.05, 4.69) is 17.2 Å². The maximum atomic E-state index is 11.3. The molecule has 0 aromatic heterocycles. The zero-order chi connectivity index (χ0) is 12.1. The van der Waals surface area contributed by atoms with Gasteiger partial charge in [-0.05, 0) is 20.8 Å². The standard InChI is InChI=1S/C10H18N2O3/c1-7(9(14)15)5-11-6-8(13)12-10(2,3)4/h11H,1,5-6H2,2-4H3,(H,12,13)(H,14,15). The molecular formula is C10H18N2O3. The Labute approximate surface area is 89.6 Å². The third-order valence-electron chi connectivity index (χ3n) is 1.44. The molecule has 0 saturated heterocycles. The molecule has 15 heavy (non-hydrogen) atoms. The summed E-state index contributed by atoms with van der Waals surface area (Å²) in [6, 6.07) is 0. The molecule has 0 aromatic carbocycles. The lowest BCUT2D eigenvalue weighted by Gasteiger charge is -2.20. The molecule has 0 radical (unpaired) electrons. The molecule has 0 aromatic rings. The molecule has 1 amide bonds. The van der Waals surface area contributed by atoms with Crippen molar-refractivity contribution in [2.45, 2.75) is 26.3 Å². The van der Waals surface area contributed by atoms with E-state index in [1.807, 2.05) is 20.8 Å². The molecule has 0 fully saturated rings. The Morgan fingerprint density at radius 3 is 2.20 bits per heavy atom. The number of amides is 1. The normalized spacial score (nSPS) is 10.9. The van der Waals surface area contributed by atoms with Gasteiger partial charge in [0.2, 0.25) is 5.91 Å². The van der Waals surface area contributed by atoms with E-state index >= 15 is 0 Å². The molecule has 0 bridgehead atoms. The van der Waals surface area contributed by atoms with Crippen LogP contribution in [-0.2, 0) is 9.59 Å². The summed E-state index contributed by atoms with van der Waals surface area (Å²) in [6.45, 7) is 9.15. The van der Waals surface area contributed by atoms with Gasteiger partial charge in [-0.15, -0.1) is 0 Å². The van der Waals surface area contributed by atoms with Crippen LogP contribution in [0.4, 0.5) is 0 Å². The first-order valence-corrected chi connectivity index (χ1v) is 4.65. The summed E-state index contributed by atoms with van der Waals surface area (Å²) in [6.07, 6.45) is 0. The predicted molar refractivity (Wildman–Crippen MR) is 57.5 cm³/mol. The molecule has 0 spiro atoms. The van der Waals surface area contributed by atoms with Crippen molar-refractivity contribution in [3.8, 4) is 0 Å². The highest BCUT2D eigenvalue weighted by molar-refractivity contribution is 5.86. The summed E-state index contributed by atoms with van der Waals surface area (Å²) in [5.41, 5.74) is -0.235. The number of carboxylic acid groups (broad SMARTS) is 1. The molecule has 0 heterocycles. The molecule has 5 nitrogen and oxygen atoms in total. The maximum absolute atomic E-state index is 11.3. The van der Waals surface area contributed by atoms with E-state index < -0.39 is 5.97 Å². The van der Waals surface area contributed by atoms with Crippen LogP contribution in [0.25, 0.3) is 0 Å². The fraction of sp³-hybridized carbons (Fsp3) is 0.600. The lowest BCUT2D eigenvalue weighted by atomic mass is 10.1. The van der Waals surface area contributed by atoms with Crippen LogP contribution in [0.1, 0.15) is 20.8 Å². The second-order valence-electron chi connectivity index (χ2n) is 4.31. The predicted octanol–water partition coefficient (Wildman–Crippen LogP) is 0.131. The topological polar surface area (TPSA) is 78.4 Å². The van der Waals surface area contributed by atoms with Gasteiger partial charge in [-0.3, -0.25) is 4.79 Å². The Morgan fingerprint density at radius 2 is 1.80 bits per heavy atom. The van der Waals surface area contributed by atoms with Crippen molar-refractivity contribution in [3.05, 3.63) is 12.2 Å². The fourth-order valence-corrected chi connectivity index (χ4v) is 0.865. The third-order valence-corrected chi connectivity index (χ3v) is 1.44. The number of hydrogen-bond acceptors (Lipinski definition) is 3. The molecule has 3 N–H and O–H groups in total. The molecule has 86 valence electrons. The summed E-state index contributed by atoms with van der Waals surface area (Å²) in [5, 5.41) is 13.9. The number of nitrogens with one attached hydrogen (secondary N) is 2. The third kappa shape index (κ3) is 7.69. The average molecular weight is 214 g/mol. The maximum Gasteiger partial charge on any atom is 0.332 e. The SMILES string of the molecule is C=C(CNCC(=O)NC(C)(C)C)C(=O)O. The minimum Gasteiger partial charge on any atom is -0.478 e. The Kier molecular flexibility index (Phi) is 5.00. The quantitative estimate of drug-likeness (QED) is 0.568. The van der Waals surface area contributed by atoms with Gasteiger partial charge in [-0.1, -0.05) is 6.58 Å². The van der Waals surface area contributed by atoms with E-state index in [1.54, 1.807) is 0 Å². The Hall–Kier alpha value is -1.36. The Balaban J connectivity index is 3.74. The average Bonchev–Trinajstić information content (AvgIpc) is 2.00. The van der Waals surface area contributed by atoms with Crippen LogP contribution >= 0.6 is 0 Å². The lowest BCUT2D eigenvalue weighted by molar-refractivity contribution is -0.132. The first-order valence-electron chi connectivity index (χ1n) is 4.65. The van der Waals surface area contributed by atoms with E-state index in [0.717, 1.165) is 0 Å². The highest BCUT2D eigenvalue weighted by Gasteiger charge is 2.13. The zero-order valence-electron chi connectivity index (χ0n) is 9.39. The van der Waals surface area contributed by atoms with E-state index in [1.165, 1.54) is 0 Å². The zero-order valence-corrected chi connectivity index (χ0v) is 9.39. The van der Waals surface area contributed by atoms with Gasteiger partial charge in [0.1, 0.15) is 0 Å². The molecule has 0 aliphatic heterocycles. The highest BCUT2D eigenvalue weighted by atomic mass is 16.4. The molecule has 0 aliphatic rings. The summed E-state index contributed by atoms with van der Waals surface area (Å²) in [7, 11) is 0. The number of carboxylic acids is 1.